The molecule has 0 spiro atoms. The molecular weight excluding hydrogens is 395 g/mol. The molecule has 0 aliphatic carbocycles. The number of nitrogens with one attached hydrogen (secondary N) is 3. The van der Waals surface area contributed by atoms with Gasteiger partial charge in [0.25, 0.3) is 0 Å². The predicted molar refractivity (Wildman–Crippen MR) is 112 cm³/mol. The summed E-state index contributed by atoms with van der Waals surface area (Å²) in [6.45, 7) is 2.31. The summed E-state index contributed by atoms with van der Waals surface area (Å²) in [4.78, 5) is 4.10. The number of aliphatic imine (C=N–C) groups is 1. The molecule has 1 aliphatic heterocycles. The molecule has 7 nitrogen and oxygen atoms in total. The molecule has 1 atom stereocenters. The summed E-state index contributed by atoms with van der Waals surface area (Å²) in [5.41, 5.74) is 1.83. The minimum atomic E-state index is -3.62. The third-order valence-corrected chi connectivity index (χ3v) is 5.83. The van der Waals surface area contributed by atoms with E-state index in [9.17, 15) is 12.8 Å². The lowest BCUT2D eigenvalue weighted by Gasteiger charge is -2.16. The molecular formula is C20H25FN4O3S. The highest BCUT2D eigenvalue weighted by Crippen LogP contribution is 2.27. The Kier molecular flexibility index (Phi) is 6.58. The number of hydrogen-bond donors (Lipinski definition) is 3. The molecule has 3 rings (SSSR count). The second-order valence-electron chi connectivity index (χ2n) is 6.82. The SMILES string of the molecule is CN=C(NCCS(=O)(=O)Nc1ccc(C)c(F)c1)NCC1Cc2ccccc2O1. The molecule has 0 radical (unpaired) electrons. The topological polar surface area (TPSA) is 91.8 Å². The summed E-state index contributed by atoms with van der Waals surface area (Å²) >= 11 is 0. The predicted octanol–water partition coefficient (Wildman–Crippen LogP) is 2.04. The second-order valence-corrected chi connectivity index (χ2v) is 8.66. The molecule has 0 saturated heterocycles. The van der Waals surface area contributed by atoms with Crippen LogP contribution in [0.25, 0.3) is 0 Å². The highest BCUT2D eigenvalue weighted by molar-refractivity contribution is 7.92. The summed E-state index contributed by atoms with van der Waals surface area (Å²) in [6, 6.07) is 12.1. The van der Waals surface area contributed by atoms with Gasteiger partial charge in [0.2, 0.25) is 10.0 Å². The molecule has 0 saturated carbocycles. The Morgan fingerprint density at radius 3 is 2.76 bits per heavy atom. The lowest BCUT2D eigenvalue weighted by atomic mass is 10.1. The first-order valence-electron chi connectivity index (χ1n) is 9.32. The first-order valence-corrected chi connectivity index (χ1v) is 11.0. The van der Waals surface area contributed by atoms with Gasteiger partial charge in [0.15, 0.2) is 5.96 Å². The molecule has 3 N–H and O–H groups in total. The quantitative estimate of drug-likeness (QED) is 0.471. The largest absolute Gasteiger partial charge is 0.488 e. The van der Waals surface area contributed by atoms with E-state index >= 15 is 0 Å². The zero-order chi connectivity index (χ0) is 20.9. The highest BCUT2D eigenvalue weighted by Gasteiger charge is 2.22. The van der Waals surface area contributed by atoms with E-state index in [-0.39, 0.29) is 24.1 Å². The molecule has 0 aromatic heterocycles. The molecule has 29 heavy (non-hydrogen) atoms. The van der Waals surface area contributed by atoms with Gasteiger partial charge < -0.3 is 15.4 Å². The van der Waals surface area contributed by atoms with Crippen molar-refractivity contribution in [2.24, 2.45) is 4.99 Å². The normalized spacial score (nSPS) is 16.1. The van der Waals surface area contributed by atoms with Gasteiger partial charge in [-0.05, 0) is 36.2 Å². The number of aryl methyl sites for hydroxylation is 1. The maximum absolute atomic E-state index is 13.6. The standard InChI is InChI=1S/C20H25FN4O3S/c1-14-7-8-16(12-18(14)21)25-29(26,27)10-9-23-20(22-2)24-13-17-11-15-5-3-4-6-19(15)28-17/h3-8,12,17,25H,9-11,13H2,1-2H3,(H2,22,23,24). The summed E-state index contributed by atoms with van der Waals surface area (Å²) in [5.74, 6) is 0.742. The number of ether oxygens (including phenoxy) is 1. The first kappa shape index (κ1) is 20.9. The second kappa shape index (κ2) is 9.13. The van der Waals surface area contributed by atoms with Crippen molar-refractivity contribution >= 4 is 21.7 Å². The maximum atomic E-state index is 13.6. The average Bonchev–Trinajstić information content (AvgIpc) is 3.10. The van der Waals surface area contributed by atoms with Crippen LogP contribution in [0, 0.1) is 12.7 Å². The van der Waals surface area contributed by atoms with E-state index in [0.29, 0.717) is 18.1 Å². The Morgan fingerprint density at radius 2 is 2.03 bits per heavy atom. The van der Waals surface area contributed by atoms with Crippen LogP contribution in [0.4, 0.5) is 10.1 Å². The molecule has 0 fully saturated rings. The van der Waals surface area contributed by atoms with Crippen molar-refractivity contribution in [3.8, 4) is 5.75 Å². The van der Waals surface area contributed by atoms with Gasteiger partial charge in [-0.3, -0.25) is 9.71 Å². The number of sulfonamides is 1. The van der Waals surface area contributed by atoms with Crippen LogP contribution in [-0.2, 0) is 16.4 Å². The smallest absolute Gasteiger partial charge is 0.234 e. The Balaban J connectivity index is 1.43. The molecule has 1 aliphatic rings. The first-order chi connectivity index (χ1) is 13.9. The Morgan fingerprint density at radius 1 is 1.24 bits per heavy atom. The minimum absolute atomic E-state index is 0.00668. The van der Waals surface area contributed by atoms with Gasteiger partial charge in [-0.25, -0.2) is 12.8 Å². The zero-order valence-electron chi connectivity index (χ0n) is 16.4. The fraction of sp³-hybridized carbons (Fsp3) is 0.350. The lowest BCUT2D eigenvalue weighted by Crippen LogP contribution is -2.43. The van der Waals surface area contributed by atoms with Crippen LogP contribution in [-0.4, -0.2) is 46.4 Å². The monoisotopic (exact) mass is 420 g/mol. The van der Waals surface area contributed by atoms with Crippen LogP contribution < -0.4 is 20.1 Å². The molecule has 9 heteroatoms. The van der Waals surface area contributed by atoms with Gasteiger partial charge in [-0.1, -0.05) is 24.3 Å². The van der Waals surface area contributed by atoms with Crippen LogP contribution in [0.1, 0.15) is 11.1 Å². The van der Waals surface area contributed by atoms with Crippen molar-refractivity contribution in [1.82, 2.24) is 10.6 Å². The zero-order valence-corrected chi connectivity index (χ0v) is 17.2. The number of nitrogens with zero attached hydrogens (tertiary/aromatic N) is 1. The maximum Gasteiger partial charge on any atom is 0.234 e. The van der Waals surface area contributed by atoms with E-state index in [1.54, 1.807) is 14.0 Å². The molecule has 0 bridgehead atoms. The fourth-order valence-electron chi connectivity index (χ4n) is 2.99. The summed E-state index contributed by atoms with van der Waals surface area (Å²) in [6.07, 6.45) is 0.804. The third-order valence-electron chi connectivity index (χ3n) is 4.54. The van der Waals surface area contributed by atoms with Crippen molar-refractivity contribution in [3.63, 3.8) is 0 Å². The number of rotatable bonds is 7. The van der Waals surface area contributed by atoms with E-state index in [2.05, 4.69) is 20.3 Å². The van der Waals surface area contributed by atoms with Gasteiger partial charge >= 0.3 is 0 Å². The summed E-state index contributed by atoms with van der Waals surface area (Å²) in [7, 11) is -2.01. The Hall–Kier alpha value is -2.81. The Labute approximate surface area is 170 Å². The molecule has 1 unspecified atom stereocenters. The van der Waals surface area contributed by atoms with E-state index in [1.807, 2.05) is 24.3 Å². The molecule has 2 aromatic carbocycles. The van der Waals surface area contributed by atoms with Crippen molar-refractivity contribution < 1.29 is 17.5 Å². The van der Waals surface area contributed by atoms with Gasteiger partial charge in [0, 0.05) is 20.0 Å². The molecule has 2 aromatic rings. The van der Waals surface area contributed by atoms with E-state index < -0.39 is 15.8 Å². The number of fused-ring (bicyclic) bond motifs is 1. The van der Waals surface area contributed by atoms with Gasteiger partial charge in [-0.15, -0.1) is 0 Å². The highest BCUT2D eigenvalue weighted by atomic mass is 32.2. The molecule has 156 valence electrons. The number of anilines is 1. The Bertz CT molecular complexity index is 970. The van der Waals surface area contributed by atoms with Crippen LogP contribution in [0.2, 0.25) is 0 Å². The summed E-state index contributed by atoms with van der Waals surface area (Å²) < 4.78 is 46.2. The van der Waals surface area contributed by atoms with Crippen molar-refractivity contribution in [2.75, 3.05) is 30.6 Å². The van der Waals surface area contributed by atoms with Gasteiger partial charge in [-0.2, -0.15) is 0 Å². The number of hydrogen-bond acceptors (Lipinski definition) is 4. The number of halogens is 1. The van der Waals surface area contributed by atoms with Crippen molar-refractivity contribution in [2.45, 2.75) is 19.4 Å². The van der Waals surface area contributed by atoms with E-state index in [1.165, 1.54) is 23.8 Å². The fourth-order valence-corrected chi connectivity index (χ4v) is 3.95. The lowest BCUT2D eigenvalue weighted by molar-refractivity contribution is 0.235. The van der Waals surface area contributed by atoms with E-state index in [4.69, 9.17) is 4.74 Å². The molecule has 1 heterocycles. The van der Waals surface area contributed by atoms with Crippen LogP contribution in [0.15, 0.2) is 47.5 Å². The van der Waals surface area contributed by atoms with Crippen molar-refractivity contribution in [3.05, 3.63) is 59.4 Å². The van der Waals surface area contributed by atoms with Crippen LogP contribution in [0.3, 0.4) is 0 Å². The number of para-hydroxylation sites is 1. The van der Waals surface area contributed by atoms with Crippen molar-refractivity contribution in [1.29, 1.82) is 0 Å². The number of guanidine groups is 1. The number of benzene rings is 2. The van der Waals surface area contributed by atoms with Gasteiger partial charge in [0.05, 0.1) is 18.0 Å². The van der Waals surface area contributed by atoms with Gasteiger partial charge in [0.1, 0.15) is 17.7 Å². The third kappa shape index (κ3) is 5.83. The van der Waals surface area contributed by atoms with Crippen LogP contribution in [0.5, 0.6) is 5.75 Å². The average molecular weight is 421 g/mol. The minimum Gasteiger partial charge on any atom is -0.488 e. The van der Waals surface area contributed by atoms with E-state index in [0.717, 1.165) is 12.2 Å². The summed E-state index contributed by atoms with van der Waals surface area (Å²) in [5, 5.41) is 6.11. The molecule has 0 amide bonds. The van der Waals surface area contributed by atoms with Crippen LogP contribution >= 0.6 is 0 Å².